The number of aliphatic hydroxyl groups excluding tert-OH is 2. The van der Waals surface area contributed by atoms with Crippen molar-refractivity contribution in [3.8, 4) is 23.0 Å². The molecule has 93 heavy (non-hydrogen) atoms. The maximum Gasteiger partial charge on any atom is 0.340 e. The molecule has 14 rings (SSSR count). The minimum atomic E-state index is -1.37. The van der Waals surface area contributed by atoms with Crippen molar-refractivity contribution in [2.24, 2.45) is 11.8 Å². The Hall–Kier alpha value is -8.13. The number of nitrogens with zero attached hydrogens (tertiary/aromatic N) is 3. The lowest BCUT2D eigenvalue weighted by Gasteiger charge is -2.54. The van der Waals surface area contributed by atoms with Crippen molar-refractivity contribution in [2.45, 2.75) is 166 Å². The van der Waals surface area contributed by atoms with E-state index in [2.05, 4.69) is 104 Å². The van der Waals surface area contributed by atoms with Gasteiger partial charge in [-0.3, -0.25) is 24.0 Å². The molecule has 3 unspecified atom stereocenters. The molecule has 8 heterocycles. The van der Waals surface area contributed by atoms with Crippen LogP contribution in [0.1, 0.15) is 156 Å². The molecule has 17 nitrogen and oxygen atoms in total. The molecule has 7 aromatic rings. The Balaban J connectivity index is 0.000000138. The van der Waals surface area contributed by atoms with Gasteiger partial charge in [0.25, 0.3) is 5.56 Å². The molecular weight excluding hydrogens is 1180 g/mol. The first kappa shape index (κ1) is 67.8. The number of ether oxygens (including phenoxy) is 4. The molecule has 0 radical (unpaired) electrons. The number of aromatic nitrogens is 3. The Morgan fingerprint density at radius 1 is 0.839 bits per heavy atom. The molecule has 0 spiro atoms. The second kappa shape index (κ2) is 29.9. The van der Waals surface area contributed by atoms with Gasteiger partial charge in [-0.15, -0.1) is 0 Å². The summed E-state index contributed by atoms with van der Waals surface area (Å²) in [5.74, 6) is 2.41. The molecular formula is C75H90FN5O12. The molecule has 5 aromatic carbocycles. The topological polar surface area (TPSA) is 229 Å². The van der Waals surface area contributed by atoms with Gasteiger partial charge in [-0.2, -0.15) is 4.39 Å². The zero-order valence-corrected chi connectivity index (χ0v) is 54.6. The summed E-state index contributed by atoms with van der Waals surface area (Å²) in [6.07, 6.45) is 11.6. The normalized spacial score (nSPS) is 24.9. The molecule has 18 heteroatoms. The van der Waals surface area contributed by atoms with Gasteiger partial charge in [-0.1, -0.05) is 111 Å². The van der Waals surface area contributed by atoms with Crippen molar-refractivity contribution < 1.29 is 53.4 Å². The number of piperidine rings is 4. The van der Waals surface area contributed by atoms with Crippen LogP contribution in [-0.4, -0.2) is 132 Å². The van der Waals surface area contributed by atoms with E-state index < -0.39 is 41.6 Å². The Morgan fingerprint density at radius 3 is 2.22 bits per heavy atom. The number of rotatable bonds is 15. The van der Waals surface area contributed by atoms with E-state index in [1.807, 2.05) is 74.8 Å². The fourth-order valence-electron chi connectivity index (χ4n) is 14.3. The Kier molecular flexibility index (Phi) is 21.8. The summed E-state index contributed by atoms with van der Waals surface area (Å²) in [7, 11) is 4.07. The zero-order chi connectivity index (χ0) is 66.3. The zero-order valence-electron chi connectivity index (χ0n) is 54.6. The fraction of sp³-hybridized carbons (Fsp3) is 0.440. The van der Waals surface area contributed by atoms with Gasteiger partial charge < -0.3 is 49.3 Å². The van der Waals surface area contributed by atoms with Gasteiger partial charge in [0.2, 0.25) is 5.82 Å². The molecule has 1 aliphatic carbocycles. The predicted molar refractivity (Wildman–Crippen MR) is 358 cm³/mol. The summed E-state index contributed by atoms with van der Waals surface area (Å²) in [5, 5.41) is 40.7. The number of allylic oxidation sites excluding steroid dienone is 3. The monoisotopic (exact) mass is 1270 g/mol. The number of phenols is 2. The number of phenolic OH excluding ortho intramolecular Hbond substituents is 2. The van der Waals surface area contributed by atoms with E-state index in [1.54, 1.807) is 17.2 Å². The van der Waals surface area contributed by atoms with Crippen LogP contribution in [0.15, 0.2) is 149 Å². The molecule has 11 atom stereocenters. The number of likely N-dealkylation sites (N-methyl/N-ethyl adjacent to an activating group) is 1. The first-order chi connectivity index (χ1) is 44.6. The van der Waals surface area contributed by atoms with E-state index in [0.717, 1.165) is 103 Å². The number of hydrogen-bond donors (Lipinski definition) is 6. The summed E-state index contributed by atoms with van der Waals surface area (Å²) in [6, 6.07) is 38.9. The van der Waals surface area contributed by atoms with Crippen LogP contribution in [-0.2, 0) is 20.7 Å². The van der Waals surface area contributed by atoms with Crippen molar-refractivity contribution in [1.82, 2.24) is 24.3 Å². The largest absolute Gasteiger partial charge is 0.508 e. The summed E-state index contributed by atoms with van der Waals surface area (Å²) >= 11 is 0. The predicted octanol–water partition coefficient (Wildman–Crippen LogP) is 12.3. The molecule has 5 fully saturated rings. The summed E-state index contributed by atoms with van der Waals surface area (Å²) in [6.45, 7) is 14.6. The van der Waals surface area contributed by atoms with Crippen LogP contribution >= 0.6 is 0 Å². The number of aliphatic hydroxyl groups is 2. The number of H-pyrrole nitrogens is 2. The van der Waals surface area contributed by atoms with Crippen LogP contribution in [0.3, 0.4) is 0 Å². The van der Waals surface area contributed by atoms with E-state index in [0.29, 0.717) is 59.0 Å². The van der Waals surface area contributed by atoms with Gasteiger partial charge in [0.15, 0.2) is 6.23 Å². The lowest BCUT2D eigenvalue weighted by atomic mass is 9.68. The van der Waals surface area contributed by atoms with Crippen molar-refractivity contribution in [3.63, 3.8) is 0 Å². The Morgan fingerprint density at radius 2 is 1.55 bits per heavy atom. The number of fused-ring (bicyclic) bond motifs is 5. The second-order valence-corrected chi connectivity index (χ2v) is 26.4. The molecule has 7 aliphatic rings. The molecule has 4 bridgehead atoms. The number of aromatic amines is 2. The lowest BCUT2D eigenvalue weighted by Crippen LogP contribution is -2.63. The van der Waals surface area contributed by atoms with Crippen LogP contribution in [0.25, 0.3) is 22.0 Å². The molecule has 0 amide bonds. The number of Topliss-reactive ketones (excluding diaryl/α,β-unsaturated/α-hetero) is 1. The number of aromatic hydroxyl groups is 2. The number of esters is 1. The highest BCUT2D eigenvalue weighted by Crippen LogP contribution is 2.54. The first-order valence-corrected chi connectivity index (χ1v) is 32.9. The van der Waals surface area contributed by atoms with E-state index in [1.165, 1.54) is 48.5 Å². The van der Waals surface area contributed by atoms with Crippen molar-refractivity contribution in [2.75, 3.05) is 33.8 Å². The molecule has 5 saturated heterocycles. The number of halogens is 1. The number of aryl methyl sites for hydroxylation is 1. The third-order valence-corrected chi connectivity index (χ3v) is 19.1. The first-order valence-electron chi connectivity index (χ1n) is 32.9. The number of unbranched alkanes of at least 4 members (excludes halogenated alkanes) is 2. The van der Waals surface area contributed by atoms with Crippen molar-refractivity contribution in [1.29, 1.82) is 0 Å². The Labute approximate surface area is 543 Å². The quantitative estimate of drug-likeness (QED) is 0.0243. The third kappa shape index (κ3) is 15.8. The third-order valence-electron chi connectivity index (χ3n) is 19.1. The van der Waals surface area contributed by atoms with Crippen molar-refractivity contribution in [3.05, 3.63) is 199 Å². The van der Waals surface area contributed by atoms with Gasteiger partial charge in [-0.05, 0) is 163 Å². The second-order valence-electron chi connectivity index (χ2n) is 26.4. The van der Waals surface area contributed by atoms with Crippen LogP contribution in [0.4, 0.5) is 4.39 Å². The SMILES string of the molecule is CC/C(=C(/c1ccc(OCCN(C)C)cc1)c1cccc(O)c1)c1ccccc1.CCCCCc1cc(O)c2c(c1)OC(C)(C)[C@@H]1CCC(C)=C[C@@H]21.C[C@H]1O[C@@H](n2cc(F)c(=O)[nH]c2=O)[C@H](O)[C@@H]1O.O=C(OC1C[C@@H]2CC3C[C@H](C1)N2CC3=O)c1c[nH]c2ccccc12. The molecule has 2 aromatic heterocycles. The van der Waals surface area contributed by atoms with E-state index in [-0.39, 0.29) is 35.3 Å². The van der Waals surface area contributed by atoms with Crippen LogP contribution in [0, 0.1) is 17.7 Å². The molecule has 0 saturated carbocycles. The highest BCUT2D eigenvalue weighted by molar-refractivity contribution is 6.04. The van der Waals surface area contributed by atoms with Crippen LogP contribution in [0.5, 0.6) is 23.0 Å². The number of nitrogens with one attached hydrogen (secondary N) is 2. The van der Waals surface area contributed by atoms with Gasteiger partial charge in [0.1, 0.15) is 59.3 Å². The van der Waals surface area contributed by atoms with Gasteiger partial charge in [0, 0.05) is 71.9 Å². The number of benzene rings is 5. The molecule has 6 aliphatic heterocycles. The highest BCUT2D eigenvalue weighted by atomic mass is 19.1. The standard InChI is InChI=1S/C26H29NO2.C21H30O2.C19H20N2O3.C9H11FN2O5/c1-4-25(20-9-6-5-7-10-20)26(22-11-8-12-23(28)19-22)21-13-15-24(16-14-21)29-18-17-27(2)3;1-5-6-7-8-15-12-18(22)20-16-11-14(2)9-10-17(16)21(3,4)23-19(20)13-15;22-18-10-21-12-5-11(18)6-13(21)8-14(7-12)24-19(23)16-9-20-17-4-2-1-3-15(16)17;1-3-5(13)6(14)8(17-3)12-2-4(10)7(15)11-9(12)16/h5-16,19,28H,4,17-18H2,1-3H3;11-13,16-17,22H,5-10H2,1-4H3;1-4,9,11-14,20H,5-8,10H2;2-3,5-6,8,13-14H,1H3,(H,11,15,16)/b26-25+;;;/t;16-,17-;11?,12-,13+,14?;3-,5-,6-,8-/m.1.1/s1. The lowest BCUT2D eigenvalue weighted by molar-refractivity contribution is -0.145. The number of ketones is 1. The van der Waals surface area contributed by atoms with E-state index in [4.69, 9.17) is 18.9 Å². The summed E-state index contributed by atoms with van der Waals surface area (Å²) in [4.78, 5) is 56.0. The summed E-state index contributed by atoms with van der Waals surface area (Å²) in [5.41, 5.74) is 8.65. The number of para-hydroxylation sites is 1. The number of carbonyl (C=O) groups is 2. The van der Waals surface area contributed by atoms with Crippen LogP contribution in [0.2, 0.25) is 0 Å². The van der Waals surface area contributed by atoms with Gasteiger partial charge >= 0.3 is 11.7 Å². The maximum atomic E-state index is 13.0. The molecule has 6 N–H and O–H groups in total. The highest BCUT2D eigenvalue weighted by Gasteiger charge is 2.50. The van der Waals surface area contributed by atoms with Crippen molar-refractivity contribution >= 4 is 33.8 Å². The average Bonchev–Trinajstić information content (AvgIpc) is 1.28. The summed E-state index contributed by atoms with van der Waals surface area (Å²) < 4.78 is 36.9. The van der Waals surface area contributed by atoms with Gasteiger partial charge in [-0.25, -0.2) is 9.59 Å². The smallest absolute Gasteiger partial charge is 0.340 e. The van der Waals surface area contributed by atoms with E-state index >= 15 is 0 Å². The number of carbonyl (C=O) groups excluding carboxylic acids is 2. The van der Waals surface area contributed by atoms with Crippen LogP contribution < -0.4 is 20.7 Å². The average molecular weight is 1270 g/mol. The van der Waals surface area contributed by atoms with E-state index in [9.17, 15) is 44.0 Å². The molecule has 494 valence electrons. The van der Waals surface area contributed by atoms with Gasteiger partial charge in [0.05, 0.1) is 24.4 Å². The fourth-order valence-corrected chi connectivity index (χ4v) is 14.3. The minimum Gasteiger partial charge on any atom is -0.508 e. The number of hydrogen-bond acceptors (Lipinski definition) is 14. The minimum absolute atomic E-state index is 0.0356. The Bertz CT molecular complexity index is 3910. The maximum absolute atomic E-state index is 13.0.